The molecule has 0 fully saturated rings. The number of ketones is 1. The van der Waals surface area contributed by atoms with Crippen molar-refractivity contribution in [3.05, 3.63) is 107 Å². The minimum atomic E-state index is -1.82. The number of halogens is 1. The summed E-state index contributed by atoms with van der Waals surface area (Å²) >= 11 is 0. The minimum Gasteiger partial charge on any atom is -0.373 e. The molecule has 0 aromatic heterocycles. The fraction of sp³-hybridized carbons (Fsp3) is 0.0500. The van der Waals surface area contributed by atoms with Crippen LogP contribution in [-0.4, -0.2) is 10.9 Å². The molecule has 3 aromatic carbocycles. The normalized spacial score (nSPS) is 11.2. The average Bonchev–Trinajstić information content (AvgIpc) is 2.62. The van der Waals surface area contributed by atoms with Crippen LogP contribution in [0.2, 0.25) is 0 Å². The second kappa shape index (κ2) is 6.15. The average molecular weight is 306 g/mol. The number of carbonyl (C=O) groups excluding carboxylic acids is 1. The molecule has 3 heteroatoms. The van der Waals surface area contributed by atoms with Crippen LogP contribution in [0.25, 0.3) is 0 Å². The van der Waals surface area contributed by atoms with Gasteiger partial charge in [-0.05, 0) is 35.4 Å². The van der Waals surface area contributed by atoms with Gasteiger partial charge in [0.25, 0.3) is 0 Å². The second-order valence-corrected chi connectivity index (χ2v) is 5.28. The van der Waals surface area contributed by atoms with E-state index in [1.165, 1.54) is 24.3 Å². The van der Waals surface area contributed by atoms with Crippen LogP contribution >= 0.6 is 0 Å². The Morgan fingerprint density at radius 1 is 0.739 bits per heavy atom. The van der Waals surface area contributed by atoms with Gasteiger partial charge in [0.1, 0.15) is 5.82 Å². The monoisotopic (exact) mass is 306 g/mol. The zero-order chi connectivity index (χ0) is 16.3. The maximum Gasteiger partial charge on any atom is 0.203 e. The van der Waals surface area contributed by atoms with Crippen molar-refractivity contribution >= 4 is 5.78 Å². The van der Waals surface area contributed by atoms with Gasteiger partial charge < -0.3 is 5.11 Å². The van der Waals surface area contributed by atoms with Crippen molar-refractivity contribution in [1.82, 2.24) is 0 Å². The molecule has 0 heterocycles. The van der Waals surface area contributed by atoms with E-state index in [0.29, 0.717) is 11.1 Å². The van der Waals surface area contributed by atoms with Gasteiger partial charge in [0.05, 0.1) is 0 Å². The molecule has 114 valence electrons. The van der Waals surface area contributed by atoms with Crippen molar-refractivity contribution in [3.8, 4) is 0 Å². The van der Waals surface area contributed by atoms with Gasteiger partial charge in [-0.25, -0.2) is 4.39 Å². The first-order valence-electron chi connectivity index (χ1n) is 7.26. The SMILES string of the molecule is O=C(c1ccc(F)cc1)C(O)(c1ccccc1)c1ccccc1. The summed E-state index contributed by atoms with van der Waals surface area (Å²) in [6.07, 6.45) is 0. The molecule has 0 unspecified atom stereocenters. The van der Waals surface area contributed by atoms with E-state index in [2.05, 4.69) is 0 Å². The molecular weight excluding hydrogens is 291 g/mol. The summed E-state index contributed by atoms with van der Waals surface area (Å²) in [6.45, 7) is 0. The van der Waals surface area contributed by atoms with Crippen LogP contribution in [0.5, 0.6) is 0 Å². The van der Waals surface area contributed by atoms with Crippen LogP contribution in [0.1, 0.15) is 21.5 Å². The standard InChI is InChI=1S/C20H15FO2/c21-18-13-11-15(12-14-18)19(22)20(23,16-7-3-1-4-8-16)17-9-5-2-6-10-17/h1-14,23H. The van der Waals surface area contributed by atoms with E-state index in [-0.39, 0.29) is 5.56 Å². The molecule has 0 radical (unpaired) electrons. The molecule has 0 aliphatic rings. The van der Waals surface area contributed by atoms with Gasteiger partial charge in [0, 0.05) is 5.56 Å². The van der Waals surface area contributed by atoms with E-state index in [1.807, 2.05) is 12.1 Å². The van der Waals surface area contributed by atoms with Crippen LogP contribution < -0.4 is 0 Å². The molecule has 0 atom stereocenters. The molecule has 0 spiro atoms. The van der Waals surface area contributed by atoms with Gasteiger partial charge in [-0.1, -0.05) is 60.7 Å². The first kappa shape index (κ1) is 15.1. The lowest BCUT2D eigenvalue weighted by Crippen LogP contribution is -2.37. The highest BCUT2D eigenvalue weighted by Crippen LogP contribution is 2.33. The minimum absolute atomic E-state index is 0.251. The van der Waals surface area contributed by atoms with E-state index >= 15 is 0 Å². The van der Waals surface area contributed by atoms with Crippen molar-refractivity contribution < 1.29 is 14.3 Å². The number of benzene rings is 3. The zero-order valence-corrected chi connectivity index (χ0v) is 12.3. The van der Waals surface area contributed by atoms with Crippen LogP contribution in [0.15, 0.2) is 84.9 Å². The molecule has 23 heavy (non-hydrogen) atoms. The quantitative estimate of drug-likeness (QED) is 0.741. The lowest BCUT2D eigenvalue weighted by atomic mass is 9.80. The van der Waals surface area contributed by atoms with Crippen LogP contribution in [0.4, 0.5) is 4.39 Å². The summed E-state index contributed by atoms with van der Waals surface area (Å²) in [7, 11) is 0. The maximum atomic E-state index is 13.1. The summed E-state index contributed by atoms with van der Waals surface area (Å²) in [5.74, 6) is -0.917. The topological polar surface area (TPSA) is 37.3 Å². The van der Waals surface area contributed by atoms with Crippen molar-refractivity contribution in [1.29, 1.82) is 0 Å². The van der Waals surface area contributed by atoms with Crippen molar-refractivity contribution in [2.75, 3.05) is 0 Å². The van der Waals surface area contributed by atoms with Crippen molar-refractivity contribution in [2.24, 2.45) is 0 Å². The first-order valence-corrected chi connectivity index (χ1v) is 7.26. The molecule has 0 amide bonds. The van der Waals surface area contributed by atoms with E-state index < -0.39 is 17.2 Å². The Morgan fingerprint density at radius 2 is 1.17 bits per heavy atom. The van der Waals surface area contributed by atoms with Crippen LogP contribution in [0, 0.1) is 5.82 Å². The Kier molecular flexibility index (Phi) is 4.04. The third kappa shape index (κ3) is 2.79. The Bertz CT molecular complexity index is 757. The number of hydrogen-bond donors (Lipinski definition) is 1. The number of aliphatic hydroxyl groups is 1. The molecule has 1 N–H and O–H groups in total. The van der Waals surface area contributed by atoms with Crippen LogP contribution in [-0.2, 0) is 5.60 Å². The Balaban J connectivity index is 2.16. The van der Waals surface area contributed by atoms with Gasteiger partial charge in [0.15, 0.2) is 5.60 Å². The molecule has 3 rings (SSSR count). The number of hydrogen-bond acceptors (Lipinski definition) is 2. The molecule has 0 saturated carbocycles. The van der Waals surface area contributed by atoms with Gasteiger partial charge in [-0.2, -0.15) is 0 Å². The summed E-state index contributed by atoms with van der Waals surface area (Å²) in [4.78, 5) is 13.0. The van der Waals surface area contributed by atoms with Gasteiger partial charge in [-0.15, -0.1) is 0 Å². The highest BCUT2D eigenvalue weighted by Gasteiger charge is 2.40. The summed E-state index contributed by atoms with van der Waals surface area (Å²) in [5, 5.41) is 11.3. The molecule has 0 aliphatic heterocycles. The van der Waals surface area contributed by atoms with E-state index in [1.54, 1.807) is 48.5 Å². The first-order chi connectivity index (χ1) is 11.1. The highest BCUT2D eigenvalue weighted by atomic mass is 19.1. The zero-order valence-electron chi connectivity index (χ0n) is 12.3. The van der Waals surface area contributed by atoms with Crippen LogP contribution in [0.3, 0.4) is 0 Å². The summed E-state index contributed by atoms with van der Waals surface area (Å²) in [6, 6.07) is 22.7. The lowest BCUT2D eigenvalue weighted by Gasteiger charge is -2.28. The highest BCUT2D eigenvalue weighted by molar-refractivity contribution is 6.05. The molecular formula is C20H15FO2. The predicted molar refractivity (Wildman–Crippen MR) is 86.6 cm³/mol. The van der Waals surface area contributed by atoms with Crippen molar-refractivity contribution in [2.45, 2.75) is 5.60 Å². The predicted octanol–water partition coefficient (Wildman–Crippen LogP) is 3.94. The second-order valence-electron chi connectivity index (χ2n) is 5.28. The van der Waals surface area contributed by atoms with E-state index in [9.17, 15) is 14.3 Å². The molecule has 0 aliphatic carbocycles. The summed E-state index contributed by atoms with van der Waals surface area (Å²) < 4.78 is 13.1. The van der Waals surface area contributed by atoms with Gasteiger partial charge >= 0.3 is 0 Å². The lowest BCUT2D eigenvalue weighted by molar-refractivity contribution is 0.0488. The smallest absolute Gasteiger partial charge is 0.203 e. The molecule has 3 aromatic rings. The van der Waals surface area contributed by atoms with Gasteiger partial charge in [-0.3, -0.25) is 4.79 Å². The van der Waals surface area contributed by atoms with E-state index in [4.69, 9.17) is 0 Å². The third-order valence-corrected chi connectivity index (χ3v) is 3.82. The molecule has 2 nitrogen and oxygen atoms in total. The van der Waals surface area contributed by atoms with Crippen molar-refractivity contribution in [3.63, 3.8) is 0 Å². The fourth-order valence-electron chi connectivity index (χ4n) is 2.60. The summed E-state index contributed by atoms with van der Waals surface area (Å²) in [5.41, 5.74) is -0.622. The largest absolute Gasteiger partial charge is 0.373 e. The van der Waals surface area contributed by atoms with Gasteiger partial charge in [0.2, 0.25) is 5.78 Å². The molecule has 0 bridgehead atoms. The Hall–Kier alpha value is -2.78. The Morgan fingerprint density at radius 3 is 1.61 bits per heavy atom. The number of Topliss-reactive ketones (excluding diaryl/α,β-unsaturated/α-hetero) is 1. The fourth-order valence-corrected chi connectivity index (χ4v) is 2.60. The molecule has 0 saturated heterocycles. The number of carbonyl (C=O) groups is 1. The maximum absolute atomic E-state index is 13.1. The van der Waals surface area contributed by atoms with E-state index in [0.717, 1.165) is 0 Å². The Labute approximate surface area is 133 Å². The third-order valence-electron chi connectivity index (χ3n) is 3.82. The number of rotatable bonds is 4.